The van der Waals surface area contributed by atoms with Crippen LogP contribution in [0.4, 0.5) is 10.9 Å². The zero-order valence-electron chi connectivity index (χ0n) is 15.1. The van der Waals surface area contributed by atoms with Gasteiger partial charge in [-0.1, -0.05) is 35.6 Å². The van der Waals surface area contributed by atoms with Crippen LogP contribution in [0.5, 0.6) is 0 Å². The molecule has 0 radical (unpaired) electrons. The number of piperidine rings is 1. The van der Waals surface area contributed by atoms with Gasteiger partial charge in [-0.05, 0) is 44.0 Å². The first-order valence-electron chi connectivity index (χ1n) is 9.07. The number of carbonyl (C=O) groups excluding carboxylic acids is 1. The molecule has 3 heterocycles. The maximum Gasteiger partial charge on any atom is 0.253 e. The van der Waals surface area contributed by atoms with Crippen LogP contribution < -0.4 is 5.32 Å². The van der Waals surface area contributed by atoms with Gasteiger partial charge < -0.3 is 10.2 Å². The Morgan fingerprint density at radius 3 is 2.56 bits per heavy atom. The van der Waals surface area contributed by atoms with Gasteiger partial charge in [0.05, 0.1) is 0 Å². The topological polar surface area (TPSA) is 71.0 Å². The standard InChI is InChI=1S/C20H21N5OS/c1-14-23-24-20(27-14)22-18-9-5-8-17(21-18)15-10-12-25(13-11-15)19(26)16-6-3-2-4-7-16/h2-9,15H,10-13H2,1H3,(H,21,22,24). The van der Waals surface area contributed by atoms with E-state index in [0.29, 0.717) is 5.92 Å². The largest absolute Gasteiger partial charge is 0.339 e. The van der Waals surface area contributed by atoms with Crippen LogP contribution >= 0.6 is 11.3 Å². The maximum absolute atomic E-state index is 12.6. The Hall–Kier alpha value is -2.80. The number of aryl methyl sites for hydroxylation is 1. The van der Waals surface area contributed by atoms with E-state index in [1.807, 2.05) is 54.3 Å². The molecule has 27 heavy (non-hydrogen) atoms. The minimum Gasteiger partial charge on any atom is -0.339 e. The third-order valence-electron chi connectivity index (χ3n) is 4.75. The molecule has 1 N–H and O–H groups in total. The number of amides is 1. The Balaban J connectivity index is 1.39. The van der Waals surface area contributed by atoms with E-state index in [4.69, 9.17) is 4.98 Å². The van der Waals surface area contributed by atoms with Gasteiger partial charge in [0.25, 0.3) is 5.91 Å². The van der Waals surface area contributed by atoms with E-state index in [9.17, 15) is 4.79 Å². The number of rotatable bonds is 4. The van der Waals surface area contributed by atoms with Crippen molar-refractivity contribution in [3.63, 3.8) is 0 Å². The minimum atomic E-state index is 0.115. The van der Waals surface area contributed by atoms with E-state index < -0.39 is 0 Å². The van der Waals surface area contributed by atoms with Crippen LogP contribution in [0.25, 0.3) is 0 Å². The smallest absolute Gasteiger partial charge is 0.253 e. The molecule has 4 rings (SSSR count). The van der Waals surface area contributed by atoms with Crippen molar-refractivity contribution in [1.29, 1.82) is 0 Å². The third kappa shape index (κ3) is 4.14. The lowest BCUT2D eigenvalue weighted by molar-refractivity contribution is 0.0712. The summed E-state index contributed by atoms with van der Waals surface area (Å²) in [6.45, 7) is 3.44. The number of hydrogen-bond donors (Lipinski definition) is 1. The fourth-order valence-electron chi connectivity index (χ4n) is 3.35. The number of hydrogen-bond acceptors (Lipinski definition) is 6. The molecule has 1 amide bonds. The summed E-state index contributed by atoms with van der Waals surface area (Å²) in [5.41, 5.74) is 1.82. The van der Waals surface area contributed by atoms with Crippen LogP contribution in [0.15, 0.2) is 48.5 Å². The maximum atomic E-state index is 12.6. The van der Waals surface area contributed by atoms with Crippen LogP contribution in [0, 0.1) is 6.92 Å². The van der Waals surface area contributed by atoms with Gasteiger partial charge in [0.15, 0.2) is 0 Å². The second-order valence-corrected chi connectivity index (χ2v) is 7.81. The molecule has 1 fully saturated rings. The molecular weight excluding hydrogens is 358 g/mol. The predicted octanol–water partition coefficient (Wildman–Crippen LogP) is 4.00. The highest BCUT2D eigenvalue weighted by Crippen LogP contribution is 2.29. The van der Waals surface area contributed by atoms with E-state index in [-0.39, 0.29) is 5.91 Å². The van der Waals surface area contributed by atoms with Crippen LogP contribution in [-0.2, 0) is 0 Å². The molecule has 1 aromatic carbocycles. The number of carbonyl (C=O) groups is 1. The Bertz CT molecular complexity index is 919. The second kappa shape index (κ2) is 7.84. The molecule has 1 saturated heterocycles. The van der Waals surface area contributed by atoms with Crippen molar-refractivity contribution in [3.8, 4) is 0 Å². The molecule has 1 aliphatic heterocycles. The van der Waals surface area contributed by atoms with Crippen LogP contribution in [0.1, 0.15) is 39.8 Å². The van der Waals surface area contributed by atoms with Gasteiger partial charge in [-0.3, -0.25) is 4.79 Å². The van der Waals surface area contributed by atoms with Gasteiger partial charge in [-0.25, -0.2) is 4.98 Å². The lowest BCUT2D eigenvalue weighted by Crippen LogP contribution is -2.38. The lowest BCUT2D eigenvalue weighted by atomic mass is 9.92. The van der Waals surface area contributed by atoms with Crippen molar-refractivity contribution < 1.29 is 4.79 Å². The minimum absolute atomic E-state index is 0.115. The number of nitrogens with one attached hydrogen (secondary N) is 1. The van der Waals surface area contributed by atoms with Gasteiger partial charge in [0.1, 0.15) is 10.8 Å². The molecular formula is C20H21N5OS. The van der Waals surface area contributed by atoms with Crippen molar-refractivity contribution in [2.45, 2.75) is 25.7 Å². The summed E-state index contributed by atoms with van der Waals surface area (Å²) >= 11 is 1.51. The van der Waals surface area contributed by atoms with E-state index in [2.05, 4.69) is 21.6 Å². The summed E-state index contributed by atoms with van der Waals surface area (Å²) < 4.78 is 0. The predicted molar refractivity (Wildman–Crippen MR) is 106 cm³/mol. The van der Waals surface area contributed by atoms with Crippen molar-refractivity contribution in [2.24, 2.45) is 0 Å². The molecule has 0 unspecified atom stereocenters. The molecule has 0 saturated carbocycles. The third-order valence-corrected chi connectivity index (χ3v) is 5.51. The zero-order chi connectivity index (χ0) is 18.6. The molecule has 0 bridgehead atoms. The first-order chi connectivity index (χ1) is 13.2. The van der Waals surface area contributed by atoms with Crippen molar-refractivity contribution in [2.75, 3.05) is 18.4 Å². The van der Waals surface area contributed by atoms with Gasteiger partial charge in [0, 0.05) is 30.3 Å². The quantitative estimate of drug-likeness (QED) is 0.742. The summed E-state index contributed by atoms with van der Waals surface area (Å²) in [4.78, 5) is 19.3. The number of aromatic nitrogens is 3. The number of nitrogens with zero attached hydrogens (tertiary/aromatic N) is 4. The molecule has 6 nitrogen and oxygen atoms in total. The number of likely N-dealkylation sites (tertiary alicyclic amines) is 1. The summed E-state index contributed by atoms with van der Waals surface area (Å²) in [7, 11) is 0. The first-order valence-corrected chi connectivity index (χ1v) is 9.89. The van der Waals surface area contributed by atoms with Crippen LogP contribution in [0.3, 0.4) is 0 Å². The molecule has 7 heteroatoms. The Labute approximate surface area is 162 Å². The summed E-state index contributed by atoms with van der Waals surface area (Å²) in [6, 6.07) is 15.5. The van der Waals surface area contributed by atoms with E-state index >= 15 is 0 Å². The summed E-state index contributed by atoms with van der Waals surface area (Å²) in [5, 5.41) is 13.0. The molecule has 138 valence electrons. The fourth-order valence-corrected chi connectivity index (χ4v) is 3.95. The Kier molecular flexibility index (Phi) is 5.11. The fraction of sp³-hybridized carbons (Fsp3) is 0.300. The number of benzene rings is 1. The number of anilines is 2. The Morgan fingerprint density at radius 1 is 1.07 bits per heavy atom. The highest BCUT2D eigenvalue weighted by molar-refractivity contribution is 7.15. The zero-order valence-corrected chi connectivity index (χ0v) is 15.9. The molecule has 0 spiro atoms. The van der Waals surface area contributed by atoms with Crippen molar-refractivity contribution in [1.82, 2.24) is 20.1 Å². The second-order valence-electron chi connectivity index (χ2n) is 6.63. The summed E-state index contributed by atoms with van der Waals surface area (Å²) in [5.74, 6) is 1.26. The highest BCUT2D eigenvalue weighted by atomic mass is 32.1. The van der Waals surface area contributed by atoms with Gasteiger partial charge in [-0.2, -0.15) is 0 Å². The molecule has 1 aliphatic rings. The normalized spacial score (nSPS) is 14.9. The van der Waals surface area contributed by atoms with Crippen LogP contribution in [0.2, 0.25) is 0 Å². The van der Waals surface area contributed by atoms with Crippen molar-refractivity contribution >= 4 is 28.2 Å². The Morgan fingerprint density at radius 2 is 1.85 bits per heavy atom. The van der Waals surface area contributed by atoms with E-state index in [1.54, 1.807) is 0 Å². The van der Waals surface area contributed by atoms with Crippen molar-refractivity contribution in [3.05, 3.63) is 64.8 Å². The first kappa shape index (κ1) is 17.6. The van der Waals surface area contributed by atoms with Gasteiger partial charge in [0.2, 0.25) is 5.13 Å². The van der Waals surface area contributed by atoms with E-state index in [1.165, 1.54) is 11.3 Å². The molecule has 0 aliphatic carbocycles. The monoisotopic (exact) mass is 379 g/mol. The number of pyridine rings is 1. The average Bonchev–Trinajstić information content (AvgIpc) is 3.13. The summed E-state index contributed by atoms with van der Waals surface area (Å²) in [6.07, 6.45) is 1.85. The van der Waals surface area contributed by atoms with E-state index in [0.717, 1.165) is 53.1 Å². The van der Waals surface area contributed by atoms with Gasteiger partial charge in [-0.15, -0.1) is 10.2 Å². The lowest BCUT2D eigenvalue weighted by Gasteiger charge is -2.32. The highest BCUT2D eigenvalue weighted by Gasteiger charge is 2.25. The van der Waals surface area contributed by atoms with Crippen LogP contribution in [-0.4, -0.2) is 39.1 Å². The van der Waals surface area contributed by atoms with Gasteiger partial charge >= 0.3 is 0 Å². The average molecular weight is 379 g/mol. The molecule has 0 atom stereocenters. The molecule has 3 aromatic rings. The molecule has 2 aromatic heterocycles. The SMILES string of the molecule is Cc1nnc(Nc2cccc(C3CCN(C(=O)c4ccccc4)CC3)n2)s1.